The molecule has 79 heavy (non-hydrogen) atoms. The van der Waals surface area contributed by atoms with Crippen LogP contribution < -0.4 is 0 Å². The number of rotatable bonds is 57. The Kier molecular flexibility index (Phi) is 61.9. The first-order chi connectivity index (χ1) is 39.0. The fourth-order valence-electron chi connectivity index (χ4n) is 8.58. The molecular weight excluding hydrogens is 973 g/mol. The van der Waals surface area contributed by atoms with Crippen molar-refractivity contribution in [2.45, 2.75) is 284 Å². The van der Waals surface area contributed by atoms with Gasteiger partial charge >= 0.3 is 17.9 Å². The fraction of sp³-hybridized carbons (Fsp3) is 0.630. The van der Waals surface area contributed by atoms with Crippen LogP contribution >= 0.6 is 0 Å². The van der Waals surface area contributed by atoms with E-state index in [2.05, 4.69) is 154 Å². The molecule has 0 saturated heterocycles. The topological polar surface area (TPSA) is 78.9 Å². The van der Waals surface area contributed by atoms with Crippen LogP contribution in [0.1, 0.15) is 278 Å². The summed E-state index contributed by atoms with van der Waals surface area (Å²) in [4.78, 5) is 38.2. The molecule has 6 heteroatoms. The van der Waals surface area contributed by atoms with Gasteiger partial charge in [-0.1, -0.05) is 282 Å². The minimum atomic E-state index is -0.844. The Balaban J connectivity index is 4.31. The van der Waals surface area contributed by atoms with Gasteiger partial charge in [0.1, 0.15) is 13.2 Å². The van der Waals surface area contributed by atoms with Gasteiger partial charge in [0, 0.05) is 12.8 Å². The van der Waals surface area contributed by atoms with Gasteiger partial charge in [-0.25, -0.2) is 0 Å². The Hall–Kier alpha value is -4.71. The summed E-state index contributed by atoms with van der Waals surface area (Å²) in [7, 11) is 0. The molecule has 0 aliphatic rings. The van der Waals surface area contributed by atoms with Crippen LogP contribution in [0.25, 0.3) is 0 Å². The summed E-state index contributed by atoms with van der Waals surface area (Å²) < 4.78 is 16.8. The summed E-state index contributed by atoms with van der Waals surface area (Å²) in [6.45, 7) is 6.29. The van der Waals surface area contributed by atoms with E-state index in [0.717, 1.165) is 122 Å². The molecule has 6 nitrogen and oxygen atoms in total. The van der Waals surface area contributed by atoms with Crippen molar-refractivity contribution in [2.24, 2.45) is 0 Å². The summed E-state index contributed by atoms with van der Waals surface area (Å²) in [5, 5.41) is 0. The molecule has 0 aliphatic heterocycles. The number of allylic oxidation sites excluding steroid dienone is 23. The van der Waals surface area contributed by atoms with Crippen LogP contribution in [0.2, 0.25) is 0 Å². The van der Waals surface area contributed by atoms with Crippen LogP contribution in [0, 0.1) is 0 Å². The molecule has 0 saturated carbocycles. The van der Waals surface area contributed by atoms with Crippen molar-refractivity contribution in [3.63, 3.8) is 0 Å². The van der Waals surface area contributed by atoms with Gasteiger partial charge in [0.15, 0.2) is 6.10 Å². The van der Waals surface area contributed by atoms with Crippen molar-refractivity contribution < 1.29 is 28.6 Å². The molecule has 0 aromatic heterocycles. The molecule has 0 spiro atoms. The molecule has 0 aromatic rings. The number of hydrogen-bond acceptors (Lipinski definition) is 6. The highest BCUT2D eigenvalue weighted by Crippen LogP contribution is 2.16. The molecule has 0 aromatic carbocycles. The first-order valence-electron chi connectivity index (χ1n) is 32.3. The molecule has 0 heterocycles. The third-order valence-electron chi connectivity index (χ3n) is 13.3. The Bertz CT molecular complexity index is 1730. The lowest BCUT2D eigenvalue weighted by Gasteiger charge is -2.18. The fourth-order valence-corrected chi connectivity index (χ4v) is 8.58. The molecule has 0 aliphatic carbocycles. The van der Waals surface area contributed by atoms with Crippen LogP contribution in [0.5, 0.6) is 0 Å². The second-order valence-corrected chi connectivity index (χ2v) is 20.9. The van der Waals surface area contributed by atoms with Gasteiger partial charge in [-0.2, -0.15) is 0 Å². The molecule has 0 fully saturated rings. The molecule has 1 atom stereocenters. The first-order valence-corrected chi connectivity index (χ1v) is 32.3. The van der Waals surface area contributed by atoms with Crippen LogP contribution in [0.3, 0.4) is 0 Å². The number of carbonyl (C=O) groups excluding carboxylic acids is 3. The number of carbonyl (C=O) groups is 3. The second-order valence-electron chi connectivity index (χ2n) is 20.9. The van der Waals surface area contributed by atoms with Crippen molar-refractivity contribution in [3.05, 3.63) is 146 Å². The van der Waals surface area contributed by atoms with E-state index in [1.54, 1.807) is 6.08 Å². The summed E-state index contributed by atoms with van der Waals surface area (Å²) >= 11 is 0. The SMILES string of the molecule is CC/C=C\C/C=C\C/C=C\C/C=C\C/C=C\CCCCCCCCCCCCCCCCCC(=O)OCC(COC(=O)CCCCCCC/C=C\C/C=C\CCCCC)OC(=O)C/C=C\C/C=C\C/C=C\C/C=C\C/C=C\CC. The number of hydrogen-bond donors (Lipinski definition) is 0. The van der Waals surface area contributed by atoms with Crippen molar-refractivity contribution in [1.29, 1.82) is 0 Å². The summed E-state index contributed by atoms with van der Waals surface area (Å²) in [5.41, 5.74) is 0. The zero-order chi connectivity index (χ0) is 57.1. The monoisotopic (exact) mass is 1090 g/mol. The van der Waals surface area contributed by atoms with Gasteiger partial charge in [0.2, 0.25) is 0 Å². The maximum absolute atomic E-state index is 12.8. The van der Waals surface area contributed by atoms with E-state index in [1.807, 2.05) is 6.08 Å². The van der Waals surface area contributed by atoms with Crippen LogP contribution in [-0.4, -0.2) is 37.2 Å². The number of unbranched alkanes of at least 4 members (excludes halogenated alkanes) is 23. The zero-order valence-electron chi connectivity index (χ0n) is 51.1. The Morgan fingerprint density at radius 2 is 0.532 bits per heavy atom. The smallest absolute Gasteiger partial charge is 0.310 e. The van der Waals surface area contributed by atoms with Crippen molar-refractivity contribution in [3.8, 4) is 0 Å². The van der Waals surface area contributed by atoms with Crippen molar-refractivity contribution in [2.75, 3.05) is 13.2 Å². The normalized spacial score (nSPS) is 13.1. The third kappa shape index (κ3) is 64.0. The average molecular weight is 1090 g/mol. The van der Waals surface area contributed by atoms with Crippen LogP contribution in [-0.2, 0) is 28.6 Å². The molecular formula is C73H118O6. The first kappa shape index (κ1) is 74.3. The number of ether oxygens (including phenoxy) is 3. The lowest BCUT2D eigenvalue weighted by Crippen LogP contribution is -2.30. The quantitative estimate of drug-likeness (QED) is 0.0261. The molecule has 446 valence electrons. The average Bonchev–Trinajstić information content (AvgIpc) is 3.45. The standard InChI is InChI=1S/C73H118O6/c1-4-7-10-13-16-19-22-25-28-29-30-31-32-33-34-35-36-37-38-39-40-41-42-43-46-48-51-54-57-60-63-66-72(75)78-69-70(79-73(76)67-64-61-58-55-52-49-45-27-24-21-18-15-12-9-6-3)68-77-71(74)65-62-59-56-53-50-47-44-26-23-20-17-14-11-8-5-2/h7,9-10,12,16-21,25-28,30-31,33-34,44-45,52,55,61,64,70H,4-6,8,11,13-15,22-24,29,32,35-43,46-51,53-54,56-60,62-63,65-69H2,1-3H3/b10-7-,12-9-,19-16-,20-17-,21-18-,28-25-,31-30-,34-33-,44-26-,45-27-,55-52-,64-61-. The van der Waals surface area contributed by atoms with E-state index in [9.17, 15) is 14.4 Å². The van der Waals surface area contributed by atoms with E-state index in [4.69, 9.17) is 14.2 Å². The van der Waals surface area contributed by atoms with Gasteiger partial charge in [-0.15, -0.1) is 0 Å². The molecule has 1 unspecified atom stereocenters. The minimum Gasteiger partial charge on any atom is -0.462 e. The molecule has 0 amide bonds. The second kappa shape index (κ2) is 65.8. The molecule has 0 rings (SSSR count). The van der Waals surface area contributed by atoms with E-state index in [0.29, 0.717) is 19.3 Å². The lowest BCUT2D eigenvalue weighted by atomic mass is 10.0. The number of esters is 3. The van der Waals surface area contributed by atoms with Crippen molar-refractivity contribution in [1.82, 2.24) is 0 Å². The minimum absolute atomic E-state index is 0.0895. The van der Waals surface area contributed by atoms with E-state index in [1.165, 1.54) is 109 Å². The predicted molar refractivity (Wildman–Crippen MR) is 343 cm³/mol. The van der Waals surface area contributed by atoms with E-state index in [-0.39, 0.29) is 31.6 Å². The maximum Gasteiger partial charge on any atom is 0.310 e. The van der Waals surface area contributed by atoms with Gasteiger partial charge in [0.05, 0.1) is 6.42 Å². The zero-order valence-corrected chi connectivity index (χ0v) is 51.1. The summed E-state index contributed by atoms with van der Waals surface area (Å²) in [5.74, 6) is -1.07. The molecule has 0 N–H and O–H groups in total. The van der Waals surface area contributed by atoms with E-state index < -0.39 is 12.1 Å². The highest BCUT2D eigenvalue weighted by atomic mass is 16.6. The van der Waals surface area contributed by atoms with Gasteiger partial charge in [-0.3, -0.25) is 14.4 Å². The predicted octanol–water partition coefficient (Wildman–Crippen LogP) is 22.3. The van der Waals surface area contributed by atoms with Crippen molar-refractivity contribution >= 4 is 17.9 Å². The summed E-state index contributed by atoms with van der Waals surface area (Å²) in [6, 6.07) is 0. The van der Waals surface area contributed by atoms with Gasteiger partial charge in [0.25, 0.3) is 0 Å². The highest BCUT2D eigenvalue weighted by Gasteiger charge is 2.19. The van der Waals surface area contributed by atoms with E-state index >= 15 is 0 Å². The summed E-state index contributed by atoms with van der Waals surface area (Å²) in [6.07, 6.45) is 94.6. The third-order valence-corrected chi connectivity index (χ3v) is 13.3. The maximum atomic E-state index is 12.8. The van der Waals surface area contributed by atoms with Gasteiger partial charge in [-0.05, 0) is 122 Å². The molecule has 0 radical (unpaired) electrons. The van der Waals surface area contributed by atoms with Crippen LogP contribution in [0.4, 0.5) is 0 Å². The van der Waals surface area contributed by atoms with Gasteiger partial charge < -0.3 is 14.2 Å². The highest BCUT2D eigenvalue weighted by molar-refractivity contribution is 5.72. The Labute approximate surface area is 487 Å². The molecule has 0 bridgehead atoms. The lowest BCUT2D eigenvalue weighted by molar-refractivity contribution is -0.166. The largest absolute Gasteiger partial charge is 0.462 e. The Morgan fingerprint density at radius 1 is 0.278 bits per heavy atom. The Morgan fingerprint density at radius 3 is 0.835 bits per heavy atom. The van der Waals surface area contributed by atoms with Crippen LogP contribution in [0.15, 0.2) is 146 Å².